The number of benzene rings is 3. The Labute approximate surface area is 196 Å². The normalized spacial score (nSPS) is 10.5. The molecule has 0 spiro atoms. The van der Waals surface area contributed by atoms with E-state index in [1.165, 1.54) is 30.3 Å². The van der Waals surface area contributed by atoms with Gasteiger partial charge in [0.2, 0.25) is 5.91 Å². The van der Waals surface area contributed by atoms with Crippen molar-refractivity contribution in [1.29, 1.82) is 0 Å². The summed E-state index contributed by atoms with van der Waals surface area (Å²) in [4.78, 5) is 35.8. The molecule has 7 nitrogen and oxygen atoms in total. The molecule has 0 heterocycles. The third kappa shape index (κ3) is 7.52. The Hall–Kier alpha value is -4.10. The minimum absolute atomic E-state index is 0.210. The van der Waals surface area contributed by atoms with E-state index in [0.717, 1.165) is 5.56 Å². The van der Waals surface area contributed by atoms with Crippen molar-refractivity contribution in [3.05, 3.63) is 95.0 Å². The molecule has 0 aromatic heterocycles. The zero-order valence-electron chi connectivity index (χ0n) is 17.7. The maximum absolute atomic E-state index is 12.4. The Bertz CT molecular complexity index is 1140. The Morgan fingerprint density at radius 2 is 1.45 bits per heavy atom. The van der Waals surface area contributed by atoms with E-state index in [-0.39, 0.29) is 24.2 Å². The summed E-state index contributed by atoms with van der Waals surface area (Å²) in [6.45, 7) is 1.89. The van der Waals surface area contributed by atoms with Crippen LogP contribution < -0.4 is 15.4 Å². The molecule has 0 fully saturated rings. The van der Waals surface area contributed by atoms with Crippen LogP contribution in [0, 0.1) is 0 Å². The lowest BCUT2D eigenvalue weighted by molar-refractivity contribution is -0.111. The molecule has 0 saturated heterocycles. The predicted octanol–water partition coefficient (Wildman–Crippen LogP) is 5.78. The van der Waals surface area contributed by atoms with Crippen LogP contribution in [0.5, 0.6) is 5.75 Å². The van der Waals surface area contributed by atoms with Crippen molar-refractivity contribution in [2.75, 3.05) is 17.2 Å². The molecule has 0 aliphatic carbocycles. The van der Waals surface area contributed by atoms with Gasteiger partial charge >= 0.3 is 6.16 Å². The lowest BCUT2D eigenvalue weighted by Crippen LogP contribution is -2.13. The second-order valence-electron chi connectivity index (χ2n) is 6.72. The number of hydrogen-bond acceptors (Lipinski definition) is 5. The monoisotopic (exact) mass is 464 g/mol. The van der Waals surface area contributed by atoms with Crippen molar-refractivity contribution in [3.63, 3.8) is 0 Å². The number of halogens is 1. The molecule has 8 heteroatoms. The first-order valence-electron chi connectivity index (χ1n) is 10.0. The van der Waals surface area contributed by atoms with Crippen LogP contribution in [0.3, 0.4) is 0 Å². The highest BCUT2D eigenvalue weighted by molar-refractivity contribution is 6.30. The maximum atomic E-state index is 12.4. The standard InChI is InChI=1S/C25H21ClN2O5/c1-2-32-25(31)33-22-14-6-18(7-15-22)24(30)28-21-12-10-20(11-13-21)27-23(29)16-5-17-3-8-19(26)9-4-17/h3-16H,2H2,1H3,(H,27,29)(H,28,30)/b16-5+. The summed E-state index contributed by atoms with van der Waals surface area (Å²) in [5, 5.41) is 6.14. The summed E-state index contributed by atoms with van der Waals surface area (Å²) in [5.41, 5.74) is 2.38. The van der Waals surface area contributed by atoms with Crippen molar-refractivity contribution in [3.8, 4) is 5.75 Å². The molecule has 0 saturated carbocycles. The van der Waals surface area contributed by atoms with Crippen LogP contribution in [0.25, 0.3) is 6.08 Å². The molecule has 3 rings (SSSR count). The molecule has 3 aromatic carbocycles. The van der Waals surface area contributed by atoms with Gasteiger partial charge in [-0.1, -0.05) is 23.7 Å². The SMILES string of the molecule is CCOC(=O)Oc1ccc(C(=O)Nc2ccc(NC(=O)/C=C/c3ccc(Cl)cc3)cc2)cc1. The maximum Gasteiger partial charge on any atom is 0.513 e. The molecule has 0 unspecified atom stereocenters. The summed E-state index contributed by atoms with van der Waals surface area (Å²) >= 11 is 5.84. The van der Waals surface area contributed by atoms with E-state index in [9.17, 15) is 14.4 Å². The second kappa shape index (κ2) is 11.5. The Balaban J connectivity index is 1.52. The smallest absolute Gasteiger partial charge is 0.434 e. The first kappa shape index (κ1) is 23.6. The van der Waals surface area contributed by atoms with Crippen LogP contribution in [-0.4, -0.2) is 24.6 Å². The van der Waals surface area contributed by atoms with Crippen molar-refractivity contribution >= 4 is 47.0 Å². The van der Waals surface area contributed by atoms with Gasteiger partial charge in [0.1, 0.15) is 5.75 Å². The average Bonchev–Trinajstić information content (AvgIpc) is 2.80. The third-order valence-corrected chi connectivity index (χ3v) is 4.54. The largest absolute Gasteiger partial charge is 0.513 e. The lowest BCUT2D eigenvalue weighted by Gasteiger charge is -2.08. The fraction of sp³-hybridized carbons (Fsp3) is 0.0800. The number of hydrogen-bond donors (Lipinski definition) is 2. The van der Waals surface area contributed by atoms with E-state index in [0.29, 0.717) is 22.0 Å². The number of ether oxygens (including phenoxy) is 2. The van der Waals surface area contributed by atoms with Gasteiger partial charge < -0.3 is 20.1 Å². The van der Waals surface area contributed by atoms with Gasteiger partial charge in [0, 0.05) is 28.0 Å². The van der Waals surface area contributed by atoms with Gasteiger partial charge in [-0.05, 0) is 79.2 Å². The molecule has 0 atom stereocenters. The highest BCUT2D eigenvalue weighted by Gasteiger charge is 2.09. The van der Waals surface area contributed by atoms with Gasteiger partial charge in [0.05, 0.1) is 6.61 Å². The van der Waals surface area contributed by atoms with E-state index in [2.05, 4.69) is 10.6 Å². The molecule has 0 aliphatic rings. The molecular formula is C25H21ClN2O5. The quantitative estimate of drug-likeness (QED) is 0.262. The molecule has 33 heavy (non-hydrogen) atoms. The predicted molar refractivity (Wildman–Crippen MR) is 128 cm³/mol. The molecule has 0 bridgehead atoms. The van der Waals surface area contributed by atoms with Crippen molar-refractivity contribution < 1.29 is 23.9 Å². The van der Waals surface area contributed by atoms with E-state index in [1.807, 2.05) is 12.1 Å². The number of anilines is 2. The molecule has 2 N–H and O–H groups in total. The fourth-order valence-corrected chi connectivity index (χ4v) is 2.81. The average molecular weight is 465 g/mol. The summed E-state index contributed by atoms with van der Waals surface area (Å²) in [6, 6.07) is 19.9. The van der Waals surface area contributed by atoms with Gasteiger partial charge in [0.25, 0.3) is 5.91 Å². The van der Waals surface area contributed by atoms with Crippen molar-refractivity contribution in [2.24, 2.45) is 0 Å². The van der Waals surface area contributed by atoms with E-state index >= 15 is 0 Å². The topological polar surface area (TPSA) is 93.7 Å². The van der Waals surface area contributed by atoms with Gasteiger partial charge in [0.15, 0.2) is 0 Å². The summed E-state index contributed by atoms with van der Waals surface area (Å²) in [5.74, 6) is -0.345. The summed E-state index contributed by atoms with van der Waals surface area (Å²) < 4.78 is 9.66. The molecule has 0 radical (unpaired) electrons. The Kier molecular flexibility index (Phi) is 8.21. The van der Waals surface area contributed by atoms with E-state index < -0.39 is 6.16 Å². The molecule has 0 aliphatic heterocycles. The van der Waals surface area contributed by atoms with Crippen LogP contribution in [0.2, 0.25) is 5.02 Å². The number of nitrogens with one attached hydrogen (secondary N) is 2. The highest BCUT2D eigenvalue weighted by atomic mass is 35.5. The van der Waals surface area contributed by atoms with Crippen molar-refractivity contribution in [2.45, 2.75) is 6.92 Å². The van der Waals surface area contributed by atoms with Gasteiger partial charge in [-0.3, -0.25) is 9.59 Å². The van der Waals surface area contributed by atoms with Crippen LogP contribution in [0.15, 0.2) is 78.9 Å². The lowest BCUT2D eigenvalue weighted by atomic mass is 10.2. The first-order chi connectivity index (χ1) is 15.9. The minimum Gasteiger partial charge on any atom is -0.434 e. The number of rotatable bonds is 7. The van der Waals surface area contributed by atoms with E-state index in [4.69, 9.17) is 21.1 Å². The fourth-order valence-electron chi connectivity index (χ4n) is 2.69. The summed E-state index contributed by atoms with van der Waals surface area (Å²) in [7, 11) is 0. The van der Waals surface area contributed by atoms with Crippen LogP contribution in [-0.2, 0) is 9.53 Å². The van der Waals surface area contributed by atoms with E-state index in [1.54, 1.807) is 49.4 Å². The molecule has 2 amide bonds. The first-order valence-corrected chi connectivity index (χ1v) is 10.4. The zero-order valence-corrected chi connectivity index (χ0v) is 18.5. The third-order valence-electron chi connectivity index (χ3n) is 4.29. The Morgan fingerprint density at radius 3 is 2.06 bits per heavy atom. The number of carbonyl (C=O) groups excluding carboxylic acids is 3. The van der Waals surface area contributed by atoms with Crippen LogP contribution in [0.4, 0.5) is 16.2 Å². The molecular weight excluding hydrogens is 444 g/mol. The van der Waals surface area contributed by atoms with Crippen LogP contribution >= 0.6 is 11.6 Å². The Morgan fingerprint density at radius 1 is 0.848 bits per heavy atom. The van der Waals surface area contributed by atoms with Gasteiger partial charge in [-0.25, -0.2) is 4.79 Å². The number of carbonyl (C=O) groups is 3. The molecule has 3 aromatic rings. The van der Waals surface area contributed by atoms with Gasteiger partial charge in [-0.2, -0.15) is 0 Å². The molecule has 168 valence electrons. The van der Waals surface area contributed by atoms with Crippen molar-refractivity contribution in [1.82, 2.24) is 0 Å². The number of amides is 2. The summed E-state index contributed by atoms with van der Waals surface area (Å²) in [6.07, 6.45) is 2.31. The zero-order chi connectivity index (χ0) is 23.6. The second-order valence-corrected chi connectivity index (χ2v) is 7.15. The van der Waals surface area contributed by atoms with Gasteiger partial charge in [-0.15, -0.1) is 0 Å². The highest BCUT2D eigenvalue weighted by Crippen LogP contribution is 2.17. The minimum atomic E-state index is -0.803. The van der Waals surface area contributed by atoms with Crippen LogP contribution in [0.1, 0.15) is 22.8 Å².